The van der Waals surface area contributed by atoms with Crippen molar-refractivity contribution >= 4 is 17.2 Å². The van der Waals surface area contributed by atoms with Crippen molar-refractivity contribution < 1.29 is 4.79 Å². The van der Waals surface area contributed by atoms with Crippen LogP contribution in [0.15, 0.2) is 29.9 Å². The van der Waals surface area contributed by atoms with E-state index in [1.54, 1.807) is 6.20 Å². The molecule has 3 heterocycles. The second kappa shape index (κ2) is 6.06. The Balaban J connectivity index is 1.95. The van der Waals surface area contributed by atoms with Crippen molar-refractivity contribution in [1.82, 2.24) is 9.88 Å². The number of carbonyl (C=O) groups excluding carboxylic acids is 1. The van der Waals surface area contributed by atoms with Crippen LogP contribution in [0.1, 0.15) is 36.0 Å². The summed E-state index contributed by atoms with van der Waals surface area (Å²) in [6.45, 7) is 7.65. The number of rotatable bonds is 3. The molecule has 2 aromatic rings. The highest BCUT2D eigenvalue weighted by molar-refractivity contribution is 7.12. The van der Waals surface area contributed by atoms with Gasteiger partial charge >= 0.3 is 0 Å². The van der Waals surface area contributed by atoms with Gasteiger partial charge in [0.15, 0.2) is 0 Å². The molecule has 122 valence electrons. The summed E-state index contributed by atoms with van der Waals surface area (Å²) >= 11 is 1.54. The molecular formula is C18H23N3OS. The van der Waals surface area contributed by atoms with E-state index in [1.165, 1.54) is 11.3 Å². The Kier molecular flexibility index (Phi) is 4.25. The number of carbonyl (C=O) groups is 1. The van der Waals surface area contributed by atoms with E-state index >= 15 is 0 Å². The lowest BCUT2D eigenvalue weighted by Gasteiger charge is -2.41. The fraction of sp³-hybridized carbons (Fsp3) is 0.444. The molecule has 0 saturated carbocycles. The fourth-order valence-corrected chi connectivity index (χ4v) is 4.37. The number of hydrogen-bond acceptors (Lipinski definition) is 4. The van der Waals surface area contributed by atoms with Gasteiger partial charge in [-0.25, -0.2) is 0 Å². The molecule has 1 atom stereocenters. The average Bonchev–Trinajstić information content (AvgIpc) is 2.94. The fourth-order valence-electron chi connectivity index (χ4n) is 3.28. The van der Waals surface area contributed by atoms with Crippen LogP contribution in [0.5, 0.6) is 0 Å². The molecular weight excluding hydrogens is 306 g/mol. The van der Waals surface area contributed by atoms with E-state index in [0.717, 1.165) is 34.5 Å². The Labute approximate surface area is 141 Å². The normalized spacial score (nSPS) is 16.3. The summed E-state index contributed by atoms with van der Waals surface area (Å²) in [5.41, 5.74) is 9.33. The zero-order valence-corrected chi connectivity index (χ0v) is 14.7. The summed E-state index contributed by atoms with van der Waals surface area (Å²) in [7, 11) is 0. The highest BCUT2D eigenvalue weighted by Gasteiger charge is 2.37. The third-order valence-electron chi connectivity index (χ3n) is 4.52. The summed E-state index contributed by atoms with van der Waals surface area (Å²) in [6.07, 6.45) is 4.50. The quantitative estimate of drug-likeness (QED) is 0.941. The Morgan fingerprint density at radius 3 is 2.83 bits per heavy atom. The smallest absolute Gasteiger partial charge is 0.264 e. The van der Waals surface area contributed by atoms with Gasteiger partial charge in [0.25, 0.3) is 5.91 Å². The SMILES string of the molecule is CC(C)(C)[C@H](CN)N1CCc2c(-c3cccnc3)csc2C1=O. The molecule has 0 saturated heterocycles. The van der Waals surface area contributed by atoms with Crippen LogP contribution in [0, 0.1) is 5.41 Å². The van der Waals surface area contributed by atoms with Gasteiger partial charge < -0.3 is 10.6 Å². The molecule has 5 heteroatoms. The molecule has 4 nitrogen and oxygen atoms in total. The van der Waals surface area contributed by atoms with Gasteiger partial charge in [0.1, 0.15) is 0 Å². The maximum atomic E-state index is 13.0. The number of nitrogens with two attached hydrogens (primary N) is 1. The molecule has 0 fully saturated rings. The van der Waals surface area contributed by atoms with Crippen LogP contribution in [0.2, 0.25) is 0 Å². The van der Waals surface area contributed by atoms with Crippen LogP contribution >= 0.6 is 11.3 Å². The standard InChI is InChI=1S/C18H23N3OS/c1-18(2,3)15(9-19)21-8-6-13-14(11-23-16(13)17(21)22)12-5-4-7-20-10-12/h4-5,7,10-11,15H,6,8-9,19H2,1-3H3/t15-/m0/s1. The van der Waals surface area contributed by atoms with Crippen molar-refractivity contribution in [3.8, 4) is 11.1 Å². The van der Waals surface area contributed by atoms with Crippen LogP contribution in [-0.4, -0.2) is 34.9 Å². The van der Waals surface area contributed by atoms with Gasteiger partial charge in [0.2, 0.25) is 0 Å². The highest BCUT2D eigenvalue weighted by atomic mass is 32.1. The van der Waals surface area contributed by atoms with Crippen molar-refractivity contribution in [3.63, 3.8) is 0 Å². The first kappa shape index (κ1) is 16.1. The van der Waals surface area contributed by atoms with Gasteiger partial charge in [-0.2, -0.15) is 0 Å². The summed E-state index contributed by atoms with van der Waals surface area (Å²) in [4.78, 5) is 20.0. The van der Waals surface area contributed by atoms with E-state index < -0.39 is 0 Å². The molecule has 0 aromatic carbocycles. The zero-order chi connectivity index (χ0) is 16.6. The lowest BCUT2D eigenvalue weighted by atomic mass is 9.84. The lowest BCUT2D eigenvalue weighted by molar-refractivity contribution is 0.0519. The van der Waals surface area contributed by atoms with Crippen LogP contribution in [0.4, 0.5) is 0 Å². The van der Waals surface area contributed by atoms with Crippen molar-refractivity contribution in [2.75, 3.05) is 13.1 Å². The summed E-state index contributed by atoms with van der Waals surface area (Å²) in [6, 6.07) is 4.04. The topological polar surface area (TPSA) is 59.2 Å². The number of nitrogens with zero attached hydrogens (tertiary/aromatic N) is 2. The van der Waals surface area contributed by atoms with Gasteiger partial charge in [-0.1, -0.05) is 26.8 Å². The van der Waals surface area contributed by atoms with Gasteiger partial charge in [-0.15, -0.1) is 11.3 Å². The van der Waals surface area contributed by atoms with Gasteiger partial charge in [0.05, 0.1) is 4.88 Å². The number of thiophene rings is 1. The maximum absolute atomic E-state index is 13.0. The maximum Gasteiger partial charge on any atom is 0.264 e. The largest absolute Gasteiger partial charge is 0.333 e. The zero-order valence-electron chi connectivity index (χ0n) is 13.9. The Bertz CT molecular complexity index is 703. The second-order valence-electron chi connectivity index (χ2n) is 7.06. The van der Waals surface area contributed by atoms with Crippen molar-refractivity contribution in [3.05, 3.63) is 40.3 Å². The molecule has 3 rings (SSSR count). The first-order valence-corrected chi connectivity index (χ1v) is 8.83. The molecule has 1 aliphatic heterocycles. The summed E-state index contributed by atoms with van der Waals surface area (Å²) in [5, 5.41) is 2.08. The number of hydrogen-bond donors (Lipinski definition) is 1. The Hall–Kier alpha value is -1.72. The second-order valence-corrected chi connectivity index (χ2v) is 7.94. The van der Waals surface area contributed by atoms with Crippen molar-refractivity contribution in [2.45, 2.75) is 33.2 Å². The minimum atomic E-state index is -0.0225. The summed E-state index contributed by atoms with van der Waals surface area (Å²) in [5.74, 6) is 0.122. The van der Waals surface area contributed by atoms with Crippen LogP contribution in [-0.2, 0) is 6.42 Å². The van der Waals surface area contributed by atoms with Crippen molar-refractivity contribution in [2.24, 2.45) is 11.1 Å². The lowest BCUT2D eigenvalue weighted by Crippen LogP contribution is -2.53. The number of pyridine rings is 1. The predicted octanol–water partition coefficient (Wildman–Crippen LogP) is 3.18. The van der Waals surface area contributed by atoms with E-state index in [0.29, 0.717) is 6.54 Å². The Morgan fingerprint density at radius 2 is 2.22 bits per heavy atom. The van der Waals surface area contributed by atoms with Gasteiger partial charge in [0, 0.05) is 37.1 Å². The number of amides is 1. The molecule has 2 N–H and O–H groups in total. The van der Waals surface area contributed by atoms with Gasteiger partial charge in [-0.05, 0) is 34.4 Å². The van der Waals surface area contributed by atoms with Crippen molar-refractivity contribution in [1.29, 1.82) is 0 Å². The molecule has 0 unspecified atom stereocenters. The Morgan fingerprint density at radius 1 is 1.43 bits per heavy atom. The summed E-state index contributed by atoms with van der Waals surface area (Å²) < 4.78 is 0. The number of fused-ring (bicyclic) bond motifs is 1. The minimum absolute atomic E-state index is 0.0225. The van der Waals surface area contributed by atoms with E-state index in [2.05, 4.69) is 31.1 Å². The van der Waals surface area contributed by atoms with Crippen LogP contribution < -0.4 is 5.73 Å². The molecule has 1 aliphatic rings. The number of aromatic nitrogens is 1. The highest BCUT2D eigenvalue weighted by Crippen LogP contribution is 2.37. The minimum Gasteiger partial charge on any atom is -0.333 e. The first-order chi connectivity index (χ1) is 10.9. The third kappa shape index (κ3) is 2.91. The monoisotopic (exact) mass is 329 g/mol. The van der Waals surface area contributed by atoms with Gasteiger partial charge in [-0.3, -0.25) is 9.78 Å². The molecule has 0 spiro atoms. The predicted molar refractivity (Wildman–Crippen MR) is 94.6 cm³/mol. The molecule has 2 aromatic heterocycles. The van der Waals surface area contributed by atoms with E-state index in [4.69, 9.17) is 5.73 Å². The molecule has 0 radical (unpaired) electrons. The van der Waals surface area contributed by atoms with Crippen LogP contribution in [0.25, 0.3) is 11.1 Å². The first-order valence-electron chi connectivity index (χ1n) is 7.95. The van der Waals surface area contributed by atoms with Crippen LogP contribution in [0.3, 0.4) is 0 Å². The average molecular weight is 329 g/mol. The molecule has 0 bridgehead atoms. The van der Waals surface area contributed by atoms with E-state index in [-0.39, 0.29) is 17.4 Å². The molecule has 0 aliphatic carbocycles. The van der Waals surface area contributed by atoms with E-state index in [9.17, 15) is 4.79 Å². The van der Waals surface area contributed by atoms with E-state index in [1.807, 2.05) is 23.2 Å². The third-order valence-corrected chi connectivity index (χ3v) is 5.53. The molecule has 23 heavy (non-hydrogen) atoms. The molecule has 1 amide bonds.